The maximum atomic E-state index is 4.27. The van der Waals surface area contributed by atoms with Gasteiger partial charge < -0.3 is 5.32 Å². The number of nitrogens with zero attached hydrogens (tertiary/aromatic N) is 1. The summed E-state index contributed by atoms with van der Waals surface area (Å²) in [5.74, 6) is 2.65. The zero-order chi connectivity index (χ0) is 10.5. The minimum Gasteiger partial charge on any atom is -0.313 e. The Balaban J connectivity index is 1.68. The lowest BCUT2D eigenvalue weighted by molar-refractivity contribution is 0.512. The van der Waals surface area contributed by atoms with E-state index in [1.165, 1.54) is 34.9 Å². The Labute approximate surface area is 99.9 Å². The van der Waals surface area contributed by atoms with Gasteiger partial charge in [0.05, 0.1) is 11.2 Å². The summed E-state index contributed by atoms with van der Waals surface area (Å²) in [6, 6.07) is 0.747. The molecule has 15 heavy (non-hydrogen) atoms. The smallest absolute Gasteiger partial charge is 0.0797 e. The highest BCUT2D eigenvalue weighted by Crippen LogP contribution is 2.17. The largest absolute Gasteiger partial charge is 0.313 e. The van der Waals surface area contributed by atoms with Gasteiger partial charge in [-0.15, -0.1) is 11.3 Å². The molecule has 0 aromatic carbocycles. The van der Waals surface area contributed by atoms with Gasteiger partial charge in [-0.1, -0.05) is 0 Å². The SMILES string of the molecule is Cc1ncsc1CCNC1CCCSC1. The topological polar surface area (TPSA) is 24.9 Å². The molecular formula is C11H18N2S2. The van der Waals surface area contributed by atoms with Gasteiger partial charge >= 0.3 is 0 Å². The number of aryl methyl sites for hydroxylation is 1. The van der Waals surface area contributed by atoms with Crippen LogP contribution in [0.4, 0.5) is 0 Å². The van der Waals surface area contributed by atoms with Crippen molar-refractivity contribution in [1.82, 2.24) is 10.3 Å². The molecule has 1 aromatic rings. The van der Waals surface area contributed by atoms with Gasteiger partial charge in [-0.05, 0) is 31.9 Å². The Morgan fingerprint density at radius 3 is 3.20 bits per heavy atom. The van der Waals surface area contributed by atoms with Crippen molar-refractivity contribution >= 4 is 23.1 Å². The molecular weight excluding hydrogens is 224 g/mol. The molecule has 0 saturated carbocycles. The molecule has 1 atom stereocenters. The number of hydrogen-bond acceptors (Lipinski definition) is 4. The summed E-state index contributed by atoms with van der Waals surface area (Å²) in [4.78, 5) is 5.70. The Morgan fingerprint density at radius 1 is 1.60 bits per heavy atom. The van der Waals surface area contributed by atoms with Gasteiger partial charge in [0.2, 0.25) is 0 Å². The summed E-state index contributed by atoms with van der Waals surface area (Å²) in [7, 11) is 0. The monoisotopic (exact) mass is 242 g/mol. The van der Waals surface area contributed by atoms with Crippen LogP contribution in [0.25, 0.3) is 0 Å². The lowest BCUT2D eigenvalue weighted by Gasteiger charge is -2.22. The van der Waals surface area contributed by atoms with Crippen molar-refractivity contribution in [2.45, 2.75) is 32.2 Å². The third-order valence-corrected chi connectivity index (χ3v) is 5.00. The fourth-order valence-corrected chi connectivity index (χ4v) is 3.75. The maximum Gasteiger partial charge on any atom is 0.0797 e. The molecule has 0 aliphatic carbocycles. The predicted octanol–water partition coefficient (Wildman–Crippen LogP) is 2.48. The molecule has 84 valence electrons. The number of thiazole rings is 1. The van der Waals surface area contributed by atoms with E-state index in [-0.39, 0.29) is 0 Å². The molecule has 1 fully saturated rings. The Hall–Kier alpha value is -0.0600. The highest BCUT2D eigenvalue weighted by atomic mass is 32.2. The number of aromatic nitrogens is 1. The molecule has 0 spiro atoms. The van der Waals surface area contributed by atoms with Crippen LogP contribution in [0.15, 0.2) is 5.51 Å². The molecule has 4 heteroatoms. The Bertz CT molecular complexity index is 293. The van der Waals surface area contributed by atoms with Crippen molar-refractivity contribution in [3.63, 3.8) is 0 Å². The number of thioether (sulfide) groups is 1. The number of hydrogen-bond donors (Lipinski definition) is 1. The third-order valence-electron chi connectivity index (χ3n) is 2.79. The molecule has 2 rings (SSSR count). The van der Waals surface area contributed by atoms with Gasteiger partial charge in [0, 0.05) is 23.2 Å². The van der Waals surface area contributed by atoms with Crippen molar-refractivity contribution < 1.29 is 0 Å². The van der Waals surface area contributed by atoms with E-state index in [4.69, 9.17) is 0 Å². The van der Waals surface area contributed by atoms with Gasteiger partial charge in [-0.2, -0.15) is 11.8 Å². The van der Waals surface area contributed by atoms with Crippen LogP contribution < -0.4 is 5.32 Å². The van der Waals surface area contributed by atoms with Crippen LogP contribution >= 0.6 is 23.1 Å². The van der Waals surface area contributed by atoms with Gasteiger partial charge in [0.15, 0.2) is 0 Å². The highest BCUT2D eigenvalue weighted by Gasteiger charge is 2.12. The first-order chi connectivity index (χ1) is 7.36. The summed E-state index contributed by atoms with van der Waals surface area (Å²) in [5.41, 5.74) is 3.15. The van der Waals surface area contributed by atoms with Crippen molar-refractivity contribution in [2.75, 3.05) is 18.1 Å². The van der Waals surface area contributed by atoms with E-state index < -0.39 is 0 Å². The summed E-state index contributed by atoms with van der Waals surface area (Å²) in [6.45, 7) is 3.20. The fraction of sp³-hybridized carbons (Fsp3) is 0.727. The van der Waals surface area contributed by atoms with Gasteiger partial charge in [0.25, 0.3) is 0 Å². The van der Waals surface area contributed by atoms with Crippen LogP contribution in [-0.4, -0.2) is 29.1 Å². The van der Waals surface area contributed by atoms with Crippen molar-refractivity contribution in [1.29, 1.82) is 0 Å². The lowest BCUT2D eigenvalue weighted by Crippen LogP contribution is -2.35. The second-order valence-electron chi connectivity index (χ2n) is 3.98. The first-order valence-corrected chi connectivity index (χ1v) is 7.60. The second-order valence-corrected chi connectivity index (χ2v) is 6.07. The average Bonchev–Trinajstić information content (AvgIpc) is 2.66. The maximum absolute atomic E-state index is 4.27. The molecule has 0 amide bonds. The van der Waals surface area contributed by atoms with E-state index in [1.807, 2.05) is 5.51 Å². The molecule has 1 unspecified atom stereocenters. The van der Waals surface area contributed by atoms with Crippen LogP contribution in [0.1, 0.15) is 23.4 Å². The fourth-order valence-electron chi connectivity index (χ4n) is 1.86. The van der Waals surface area contributed by atoms with Crippen LogP contribution in [0.2, 0.25) is 0 Å². The van der Waals surface area contributed by atoms with Gasteiger partial charge in [-0.3, -0.25) is 0 Å². The minimum absolute atomic E-state index is 0.747. The normalized spacial score (nSPS) is 21.8. The lowest BCUT2D eigenvalue weighted by atomic mass is 10.2. The van der Waals surface area contributed by atoms with E-state index in [2.05, 4.69) is 29.0 Å². The second kappa shape index (κ2) is 5.87. The van der Waals surface area contributed by atoms with E-state index >= 15 is 0 Å². The van der Waals surface area contributed by atoms with Crippen LogP contribution in [0, 0.1) is 6.92 Å². The minimum atomic E-state index is 0.747. The molecule has 2 nitrogen and oxygen atoms in total. The van der Waals surface area contributed by atoms with Gasteiger partial charge in [0.1, 0.15) is 0 Å². The first kappa shape index (κ1) is 11.4. The quantitative estimate of drug-likeness (QED) is 0.878. The van der Waals surface area contributed by atoms with Crippen molar-refractivity contribution in [3.05, 3.63) is 16.1 Å². The number of nitrogens with one attached hydrogen (secondary N) is 1. The summed E-state index contributed by atoms with van der Waals surface area (Å²) in [6.07, 6.45) is 3.87. The summed E-state index contributed by atoms with van der Waals surface area (Å²) >= 11 is 3.86. The Kier molecular flexibility index (Phi) is 4.47. The Morgan fingerprint density at radius 2 is 2.53 bits per heavy atom. The first-order valence-electron chi connectivity index (χ1n) is 5.56. The van der Waals surface area contributed by atoms with E-state index in [9.17, 15) is 0 Å². The zero-order valence-corrected chi connectivity index (χ0v) is 10.8. The molecule has 1 aliphatic rings. The summed E-state index contributed by atoms with van der Waals surface area (Å²) < 4.78 is 0. The highest BCUT2D eigenvalue weighted by molar-refractivity contribution is 7.99. The van der Waals surface area contributed by atoms with Gasteiger partial charge in [-0.25, -0.2) is 4.98 Å². The average molecular weight is 242 g/mol. The third kappa shape index (κ3) is 3.47. The molecule has 0 bridgehead atoms. The van der Waals surface area contributed by atoms with Crippen molar-refractivity contribution in [3.8, 4) is 0 Å². The zero-order valence-electron chi connectivity index (χ0n) is 9.16. The van der Waals surface area contributed by atoms with Crippen LogP contribution in [-0.2, 0) is 6.42 Å². The van der Waals surface area contributed by atoms with E-state index in [0.717, 1.165) is 19.0 Å². The standard InChI is InChI=1S/C11H18N2S2/c1-9-11(15-8-13-9)4-5-12-10-3-2-6-14-7-10/h8,10,12H,2-7H2,1H3. The van der Waals surface area contributed by atoms with Crippen LogP contribution in [0.5, 0.6) is 0 Å². The summed E-state index contributed by atoms with van der Waals surface area (Å²) in [5, 5.41) is 3.65. The van der Waals surface area contributed by atoms with E-state index in [1.54, 1.807) is 11.3 Å². The van der Waals surface area contributed by atoms with Crippen LogP contribution in [0.3, 0.4) is 0 Å². The molecule has 1 saturated heterocycles. The molecule has 1 aliphatic heterocycles. The predicted molar refractivity (Wildman–Crippen MR) is 68.9 cm³/mol. The molecule has 0 radical (unpaired) electrons. The number of rotatable bonds is 4. The molecule has 1 aromatic heterocycles. The van der Waals surface area contributed by atoms with Crippen molar-refractivity contribution in [2.24, 2.45) is 0 Å². The molecule has 2 heterocycles. The molecule has 1 N–H and O–H groups in total. The van der Waals surface area contributed by atoms with E-state index in [0.29, 0.717) is 0 Å².